The van der Waals surface area contributed by atoms with Gasteiger partial charge in [0.25, 0.3) is 0 Å². The summed E-state index contributed by atoms with van der Waals surface area (Å²) in [5.41, 5.74) is 4.54. The molecule has 4 rings (SSSR count). The predicted molar refractivity (Wildman–Crippen MR) is 142 cm³/mol. The first-order valence-electron chi connectivity index (χ1n) is 12.3. The fourth-order valence-corrected chi connectivity index (χ4v) is 3.85. The minimum absolute atomic E-state index is 0.505. The van der Waals surface area contributed by atoms with Crippen LogP contribution in [0.25, 0.3) is 10.9 Å². The highest BCUT2D eigenvalue weighted by atomic mass is 16.5. The summed E-state index contributed by atoms with van der Waals surface area (Å²) in [6.45, 7) is 4.25. The van der Waals surface area contributed by atoms with E-state index in [9.17, 15) is 9.90 Å². The van der Waals surface area contributed by atoms with Crippen LogP contribution >= 0.6 is 0 Å². The molecule has 0 fully saturated rings. The SMILES string of the molecule is CCCCCN[C@@H](Cc1c[nH]c2ccccc12)C(=O)O.c1ccc(COCc2ccccc2)cc1. The number of hydrogen-bond acceptors (Lipinski definition) is 3. The molecule has 0 unspecified atom stereocenters. The Bertz CT molecular complexity index is 1090. The molecule has 0 bridgehead atoms. The number of carbonyl (C=O) groups is 1. The number of nitrogens with one attached hydrogen (secondary N) is 2. The summed E-state index contributed by atoms with van der Waals surface area (Å²) in [5.74, 6) is -0.785. The van der Waals surface area contributed by atoms with Crippen molar-refractivity contribution in [3.8, 4) is 0 Å². The lowest BCUT2D eigenvalue weighted by molar-refractivity contribution is -0.139. The van der Waals surface area contributed by atoms with Gasteiger partial charge in [-0.15, -0.1) is 0 Å². The number of rotatable bonds is 12. The average molecular weight is 473 g/mol. The highest BCUT2D eigenvalue weighted by Crippen LogP contribution is 2.19. The molecule has 184 valence electrons. The summed E-state index contributed by atoms with van der Waals surface area (Å²) >= 11 is 0. The lowest BCUT2D eigenvalue weighted by Crippen LogP contribution is -2.39. The minimum atomic E-state index is -0.785. The van der Waals surface area contributed by atoms with Crippen molar-refractivity contribution in [3.63, 3.8) is 0 Å². The highest BCUT2D eigenvalue weighted by molar-refractivity contribution is 5.84. The Balaban J connectivity index is 0.000000203. The molecule has 1 aromatic heterocycles. The van der Waals surface area contributed by atoms with E-state index in [0.29, 0.717) is 19.6 Å². The number of unbranched alkanes of at least 4 members (excludes halogenated alkanes) is 2. The van der Waals surface area contributed by atoms with Crippen molar-refractivity contribution in [1.82, 2.24) is 10.3 Å². The second kappa shape index (κ2) is 14.8. The monoisotopic (exact) mass is 472 g/mol. The van der Waals surface area contributed by atoms with E-state index in [2.05, 4.69) is 41.5 Å². The third-order valence-corrected chi connectivity index (χ3v) is 5.79. The van der Waals surface area contributed by atoms with Crippen LogP contribution in [-0.2, 0) is 29.2 Å². The fourth-order valence-electron chi connectivity index (χ4n) is 3.85. The quantitative estimate of drug-likeness (QED) is 0.210. The van der Waals surface area contributed by atoms with E-state index in [-0.39, 0.29) is 0 Å². The van der Waals surface area contributed by atoms with Gasteiger partial charge in [-0.3, -0.25) is 4.79 Å². The third-order valence-electron chi connectivity index (χ3n) is 5.79. The Morgan fingerprint density at radius 3 is 2.09 bits per heavy atom. The van der Waals surface area contributed by atoms with Gasteiger partial charge in [-0.1, -0.05) is 98.6 Å². The Hall–Kier alpha value is -3.41. The number of carboxylic acid groups (broad SMARTS) is 1. The maximum atomic E-state index is 11.4. The van der Waals surface area contributed by atoms with Gasteiger partial charge >= 0.3 is 5.97 Å². The van der Waals surface area contributed by atoms with Crippen molar-refractivity contribution in [2.45, 2.75) is 51.9 Å². The molecular formula is C30H36N2O3. The maximum Gasteiger partial charge on any atom is 0.321 e. The summed E-state index contributed by atoms with van der Waals surface area (Å²) < 4.78 is 5.61. The molecule has 0 saturated carbocycles. The molecule has 3 N–H and O–H groups in total. The number of aromatic amines is 1. The topological polar surface area (TPSA) is 74.4 Å². The van der Waals surface area contributed by atoms with Gasteiger partial charge in [0.1, 0.15) is 6.04 Å². The molecule has 0 aliphatic heterocycles. The van der Waals surface area contributed by atoms with Crippen LogP contribution in [0.15, 0.2) is 91.1 Å². The van der Waals surface area contributed by atoms with Crippen molar-refractivity contribution in [3.05, 3.63) is 108 Å². The molecule has 5 heteroatoms. The molecule has 1 atom stereocenters. The number of para-hydroxylation sites is 1. The molecule has 1 heterocycles. The largest absolute Gasteiger partial charge is 0.480 e. The Morgan fingerprint density at radius 2 is 1.49 bits per heavy atom. The average Bonchev–Trinajstić information content (AvgIpc) is 3.30. The second-order valence-electron chi connectivity index (χ2n) is 8.58. The van der Waals surface area contributed by atoms with Gasteiger partial charge in [0.2, 0.25) is 0 Å². The molecule has 4 aromatic rings. The van der Waals surface area contributed by atoms with E-state index >= 15 is 0 Å². The number of aliphatic carboxylic acids is 1. The van der Waals surface area contributed by atoms with Crippen molar-refractivity contribution in [2.75, 3.05) is 6.54 Å². The van der Waals surface area contributed by atoms with Gasteiger partial charge in [-0.2, -0.15) is 0 Å². The first-order chi connectivity index (χ1) is 17.2. The van der Waals surface area contributed by atoms with E-state index in [4.69, 9.17) is 4.74 Å². The summed E-state index contributed by atoms with van der Waals surface area (Å²) in [5, 5.41) is 13.6. The van der Waals surface area contributed by atoms with Crippen LogP contribution in [-0.4, -0.2) is 28.6 Å². The lowest BCUT2D eigenvalue weighted by atomic mass is 10.0. The summed E-state index contributed by atoms with van der Waals surface area (Å²) in [6.07, 6.45) is 5.71. The summed E-state index contributed by atoms with van der Waals surface area (Å²) in [6, 6.07) is 27.9. The molecule has 0 aliphatic rings. The summed E-state index contributed by atoms with van der Waals surface area (Å²) in [4.78, 5) is 14.5. The molecule has 5 nitrogen and oxygen atoms in total. The first-order valence-corrected chi connectivity index (χ1v) is 12.3. The van der Waals surface area contributed by atoms with Crippen LogP contribution < -0.4 is 5.32 Å². The molecule has 0 aliphatic carbocycles. The number of fused-ring (bicyclic) bond motifs is 1. The van der Waals surface area contributed by atoms with Crippen molar-refractivity contribution in [1.29, 1.82) is 0 Å². The van der Waals surface area contributed by atoms with Gasteiger partial charge in [-0.25, -0.2) is 0 Å². The highest BCUT2D eigenvalue weighted by Gasteiger charge is 2.18. The zero-order chi connectivity index (χ0) is 24.7. The Morgan fingerprint density at radius 1 is 0.886 bits per heavy atom. The van der Waals surface area contributed by atoms with Gasteiger partial charge in [0.05, 0.1) is 13.2 Å². The smallest absolute Gasteiger partial charge is 0.321 e. The molecule has 3 aromatic carbocycles. The lowest BCUT2D eigenvalue weighted by Gasteiger charge is -2.14. The van der Waals surface area contributed by atoms with E-state index in [1.165, 1.54) is 11.1 Å². The molecule has 0 radical (unpaired) electrons. The van der Waals surface area contributed by atoms with Crippen LogP contribution in [0.2, 0.25) is 0 Å². The summed E-state index contributed by atoms with van der Waals surface area (Å²) in [7, 11) is 0. The van der Waals surface area contributed by atoms with Crippen molar-refractivity contribution < 1.29 is 14.6 Å². The van der Waals surface area contributed by atoms with Crippen LogP contribution in [0.3, 0.4) is 0 Å². The van der Waals surface area contributed by atoms with Crippen LogP contribution in [0, 0.1) is 0 Å². The van der Waals surface area contributed by atoms with Gasteiger partial charge < -0.3 is 20.1 Å². The standard InChI is InChI=1S/C16H22N2O2.C14H14O/c1-2-3-6-9-17-15(16(19)20)10-12-11-18-14-8-5-4-7-13(12)14;1-3-7-13(8-4-1)11-15-12-14-9-5-2-6-10-14/h4-5,7-8,11,15,17-18H,2-3,6,9-10H2,1H3,(H,19,20);1-10H,11-12H2/t15-;/m0./s1. The fraction of sp³-hybridized carbons (Fsp3) is 0.300. The molecular weight excluding hydrogens is 436 g/mol. The Labute approximate surface area is 208 Å². The van der Waals surface area contributed by atoms with E-state index in [1.54, 1.807) is 0 Å². The second-order valence-corrected chi connectivity index (χ2v) is 8.58. The predicted octanol–water partition coefficient (Wildman–Crippen LogP) is 6.35. The zero-order valence-electron chi connectivity index (χ0n) is 20.5. The molecule has 0 saturated heterocycles. The van der Waals surface area contributed by atoms with Crippen molar-refractivity contribution >= 4 is 16.9 Å². The van der Waals surface area contributed by atoms with E-state index in [1.807, 2.05) is 66.9 Å². The number of benzene rings is 3. The van der Waals surface area contributed by atoms with Gasteiger partial charge in [0.15, 0.2) is 0 Å². The van der Waals surface area contributed by atoms with Crippen LogP contribution in [0.1, 0.15) is 42.9 Å². The Kier molecular flexibility index (Phi) is 11.1. The first kappa shape index (κ1) is 26.2. The van der Waals surface area contributed by atoms with Crippen LogP contribution in [0.5, 0.6) is 0 Å². The molecule has 35 heavy (non-hydrogen) atoms. The molecule has 0 spiro atoms. The van der Waals surface area contributed by atoms with E-state index in [0.717, 1.165) is 42.3 Å². The zero-order valence-corrected chi connectivity index (χ0v) is 20.5. The maximum absolute atomic E-state index is 11.4. The number of ether oxygens (including phenoxy) is 1. The van der Waals surface area contributed by atoms with E-state index < -0.39 is 12.0 Å². The normalized spacial score (nSPS) is 11.6. The number of aromatic nitrogens is 1. The number of hydrogen-bond donors (Lipinski definition) is 3. The molecule has 0 amide bonds. The number of carboxylic acids is 1. The van der Waals surface area contributed by atoms with Gasteiger partial charge in [0, 0.05) is 23.5 Å². The van der Waals surface area contributed by atoms with Crippen LogP contribution in [0.4, 0.5) is 0 Å². The van der Waals surface area contributed by atoms with Gasteiger partial charge in [-0.05, 0) is 35.7 Å². The van der Waals surface area contributed by atoms with Crippen molar-refractivity contribution in [2.24, 2.45) is 0 Å². The number of H-pyrrole nitrogens is 1. The minimum Gasteiger partial charge on any atom is -0.480 e. The third kappa shape index (κ3) is 9.04.